The smallest absolute Gasteiger partial charge is 0.239 e. The van der Waals surface area contributed by atoms with Crippen molar-refractivity contribution < 1.29 is 9.53 Å². The van der Waals surface area contributed by atoms with Crippen LogP contribution < -0.4 is 15.4 Å². The van der Waals surface area contributed by atoms with Crippen LogP contribution in [-0.2, 0) is 11.3 Å². The van der Waals surface area contributed by atoms with Gasteiger partial charge in [0.05, 0.1) is 12.6 Å². The summed E-state index contributed by atoms with van der Waals surface area (Å²) in [6, 6.07) is 3.66. The van der Waals surface area contributed by atoms with Crippen molar-refractivity contribution in [2.75, 3.05) is 13.7 Å². The average Bonchev–Trinajstić information content (AvgIpc) is 2.36. The predicted octanol–water partition coefficient (Wildman–Crippen LogP) is 1.09. The number of methoxy groups -OCH3 is 1. The Hall–Kier alpha value is -1.62. The van der Waals surface area contributed by atoms with Crippen LogP contribution in [0.2, 0.25) is 0 Å². The van der Waals surface area contributed by atoms with Crippen LogP contribution >= 0.6 is 0 Å². The molecule has 5 nitrogen and oxygen atoms in total. The minimum atomic E-state index is -0.564. The molecular formula is C13H21N3O2. The number of pyridine rings is 1. The molecule has 0 aromatic carbocycles. The molecule has 100 valence electrons. The topological polar surface area (TPSA) is 63.2 Å². The molecule has 2 N–H and O–H groups in total. The molecule has 0 spiro atoms. The van der Waals surface area contributed by atoms with Crippen LogP contribution in [0.5, 0.6) is 5.88 Å². The Bertz CT molecular complexity index is 405. The maximum absolute atomic E-state index is 12.0. The van der Waals surface area contributed by atoms with Crippen LogP contribution in [0.1, 0.15) is 26.3 Å². The van der Waals surface area contributed by atoms with Gasteiger partial charge in [-0.1, -0.05) is 6.92 Å². The fraction of sp³-hybridized carbons (Fsp3) is 0.538. The summed E-state index contributed by atoms with van der Waals surface area (Å²) in [6.07, 6.45) is 1.66. The minimum Gasteiger partial charge on any atom is -0.481 e. The van der Waals surface area contributed by atoms with Gasteiger partial charge < -0.3 is 15.4 Å². The van der Waals surface area contributed by atoms with E-state index in [0.717, 1.165) is 12.1 Å². The van der Waals surface area contributed by atoms with E-state index in [9.17, 15) is 4.79 Å². The number of carbonyl (C=O) groups is 1. The highest BCUT2D eigenvalue weighted by Crippen LogP contribution is 2.09. The molecule has 0 unspecified atom stereocenters. The molecule has 1 rings (SSSR count). The van der Waals surface area contributed by atoms with Gasteiger partial charge in [-0.25, -0.2) is 4.98 Å². The highest BCUT2D eigenvalue weighted by atomic mass is 16.5. The number of hydrogen-bond donors (Lipinski definition) is 2. The van der Waals surface area contributed by atoms with Crippen LogP contribution in [0, 0.1) is 0 Å². The Balaban J connectivity index is 2.56. The highest BCUT2D eigenvalue weighted by molar-refractivity contribution is 5.85. The molecule has 18 heavy (non-hydrogen) atoms. The number of ether oxygens (including phenoxy) is 1. The average molecular weight is 251 g/mol. The molecule has 0 saturated carbocycles. The van der Waals surface area contributed by atoms with Gasteiger partial charge in [0.25, 0.3) is 0 Å². The van der Waals surface area contributed by atoms with Crippen molar-refractivity contribution in [2.45, 2.75) is 32.9 Å². The predicted molar refractivity (Wildman–Crippen MR) is 70.4 cm³/mol. The normalized spacial score (nSPS) is 11.1. The van der Waals surface area contributed by atoms with Crippen molar-refractivity contribution in [2.24, 2.45) is 0 Å². The first-order valence-corrected chi connectivity index (χ1v) is 6.02. The zero-order valence-corrected chi connectivity index (χ0v) is 11.4. The van der Waals surface area contributed by atoms with Crippen molar-refractivity contribution in [1.82, 2.24) is 15.6 Å². The first kappa shape index (κ1) is 14.4. The van der Waals surface area contributed by atoms with Crippen molar-refractivity contribution in [3.63, 3.8) is 0 Å². The molecule has 0 aliphatic rings. The Morgan fingerprint density at radius 2 is 2.22 bits per heavy atom. The van der Waals surface area contributed by atoms with Crippen molar-refractivity contribution in [1.29, 1.82) is 0 Å². The Morgan fingerprint density at radius 1 is 1.50 bits per heavy atom. The zero-order valence-electron chi connectivity index (χ0n) is 11.4. The molecule has 5 heteroatoms. The van der Waals surface area contributed by atoms with Gasteiger partial charge in [0.15, 0.2) is 0 Å². The van der Waals surface area contributed by atoms with E-state index >= 15 is 0 Å². The van der Waals surface area contributed by atoms with Crippen molar-refractivity contribution >= 4 is 5.91 Å². The van der Waals surface area contributed by atoms with Gasteiger partial charge in [0.2, 0.25) is 11.8 Å². The van der Waals surface area contributed by atoms with E-state index in [4.69, 9.17) is 4.74 Å². The van der Waals surface area contributed by atoms with Gasteiger partial charge in [0, 0.05) is 18.8 Å². The third-order valence-electron chi connectivity index (χ3n) is 2.65. The highest BCUT2D eigenvalue weighted by Gasteiger charge is 2.25. The quantitative estimate of drug-likeness (QED) is 0.794. The maximum atomic E-state index is 12.0. The molecule has 0 atom stereocenters. The van der Waals surface area contributed by atoms with E-state index in [-0.39, 0.29) is 5.91 Å². The molecule has 0 fully saturated rings. The lowest BCUT2D eigenvalue weighted by Gasteiger charge is -2.24. The molecule has 0 aliphatic carbocycles. The lowest BCUT2D eigenvalue weighted by atomic mass is 10.0. The molecule has 1 aromatic heterocycles. The number of amides is 1. The molecule has 1 aromatic rings. The monoisotopic (exact) mass is 251 g/mol. The lowest BCUT2D eigenvalue weighted by Crippen LogP contribution is -2.52. The second-order valence-corrected chi connectivity index (χ2v) is 4.54. The first-order valence-electron chi connectivity index (χ1n) is 6.02. The summed E-state index contributed by atoms with van der Waals surface area (Å²) in [7, 11) is 1.57. The first-order chi connectivity index (χ1) is 8.49. The second-order valence-electron chi connectivity index (χ2n) is 4.54. The van der Waals surface area contributed by atoms with E-state index < -0.39 is 5.54 Å². The Morgan fingerprint density at radius 3 is 2.83 bits per heavy atom. The van der Waals surface area contributed by atoms with Crippen LogP contribution in [0.25, 0.3) is 0 Å². The van der Waals surface area contributed by atoms with Gasteiger partial charge >= 0.3 is 0 Å². The maximum Gasteiger partial charge on any atom is 0.239 e. The fourth-order valence-corrected chi connectivity index (χ4v) is 1.60. The molecule has 0 bridgehead atoms. The SMILES string of the molecule is CCNC(C)(C)C(=O)NCc1ccnc(OC)c1. The van der Waals surface area contributed by atoms with E-state index in [2.05, 4.69) is 15.6 Å². The number of nitrogens with zero attached hydrogens (tertiary/aromatic N) is 1. The number of aromatic nitrogens is 1. The number of nitrogens with one attached hydrogen (secondary N) is 2. The number of likely N-dealkylation sites (N-methyl/N-ethyl adjacent to an activating group) is 1. The summed E-state index contributed by atoms with van der Waals surface area (Å²) in [5.41, 5.74) is 0.397. The molecule has 1 heterocycles. The van der Waals surface area contributed by atoms with Gasteiger partial charge in [-0.3, -0.25) is 4.79 Å². The largest absolute Gasteiger partial charge is 0.481 e. The molecule has 0 saturated heterocycles. The standard InChI is InChI=1S/C13H21N3O2/c1-5-16-13(2,3)12(17)15-9-10-6-7-14-11(8-10)18-4/h6-8,16H,5,9H2,1-4H3,(H,15,17). The lowest BCUT2D eigenvalue weighted by molar-refractivity contribution is -0.126. The molecule has 0 aliphatic heterocycles. The zero-order chi connectivity index (χ0) is 13.6. The third-order valence-corrected chi connectivity index (χ3v) is 2.65. The third kappa shape index (κ3) is 4.00. The Labute approximate surface area is 108 Å². The summed E-state index contributed by atoms with van der Waals surface area (Å²) in [6.45, 7) is 6.91. The number of hydrogen-bond acceptors (Lipinski definition) is 4. The Kier molecular flexibility index (Phi) is 5.09. The minimum absolute atomic E-state index is 0.0277. The van der Waals surface area contributed by atoms with E-state index in [1.54, 1.807) is 19.4 Å². The van der Waals surface area contributed by atoms with Gasteiger partial charge in [-0.05, 0) is 32.0 Å². The number of carbonyl (C=O) groups excluding carboxylic acids is 1. The van der Waals surface area contributed by atoms with E-state index in [1.165, 1.54) is 0 Å². The summed E-state index contributed by atoms with van der Waals surface area (Å²) in [5.74, 6) is 0.521. The van der Waals surface area contributed by atoms with Crippen LogP contribution in [0.4, 0.5) is 0 Å². The van der Waals surface area contributed by atoms with Gasteiger partial charge in [-0.15, -0.1) is 0 Å². The van der Waals surface area contributed by atoms with Crippen LogP contribution in [0.3, 0.4) is 0 Å². The molecule has 1 amide bonds. The van der Waals surface area contributed by atoms with Crippen LogP contribution in [-0.4, -0.2) is 30.1 Å². The molecule has 0 radical (unpaired) electrons. The summed E-state index contributed by atoms with van der Waals surface area (Å²) in [4.78, 5) is 16.0. The number of rotatable bonds is 6. The van der Waals surface area contributed by atoms with Gasteiger partial charge in [0.1, 0.15) is 0 Å². The van der Waals surface area contributed by atoms with E-state index in [0.29, 0.717) is 12.4 Å². The second kappa shape index (κ2) is 6.35. The fourth-order valence-electron chi connectivity index (χ4n) is 1.60. The van der Waals surface area contributed by atoms with Gasteiger partial charge in [-0.2, -0.15) is 0 Å². The van der Waals surface area contributed by atoms with Crippen molar-refractivity contribution in [3.05, 3.63) is 23.9 Å². The summed E-state index contributed by atoms with van der Waals surface area (Å²) in [5, 5.41) is 6.02. The summed E-state index contributed by atoms with van der Waals surface area (Å²) >= 11 is 0. The molecular weight excluding hydrogens is 230 g/mol. The van der Waals surface area contributed by atoms with Crippen molar-refractivity contribution in [3.8, 4) is 5.88 Å². The summed E-state index contributed by atoms with van der Waals surface area (Å²) < 4.78 is 5.03. The van der Waals surface area contributed by atoms with Crippen LogP contribution in [0.15, 0.2) is 18.3 Å². The van der Waals surface area contributed by atoms with E-state index in [1.807, 2.05) is 26.8 Å².